The molecule has 1 fully saturated rings. The smallest absolute Gasteiger partial charge is 0.273 e. The fourth-order valence-corrected chi connectivity index (χ4v) is 2.15. The Labute approximate surface area is 125 Å². The largest absolute Gasteiger partial charge is 0.347 e. The van der Waals surface area contributed by atoms with Crippen LogP contribution in [-0.4, -0.2) is 34.0 Å². The second-order valence-electron chi connectivity index (χ2n) is 4.83. The maximum Gasteiger partial charge on any atom is 0.273 e. The lowest BCUT2D eigenvalue weighted by Gasteiger charge is -2.26. The molecule has 0 saturated carbocycles. The Balaban J connectivity index is 1.60. The van der Waals surface area contributed by atoms with Gasteiger partial charge in [0.25, 0.3) is 5.91 Å². The van der Waals surface area contributed by atoms with E-state index >= 15 is 0 Å². The highest BCUT2D eigenvalue weighted by molar-refractivity contribution is 6.30. The van der Waals surface area contributed by atoms with Crippen LogP contribution in [0.1, 0.15) is 22.1 Å². The summed E-state index contributed by atoms with van der Waals surface area (Å²) in [5.41, 5.74) is 0.973. The van der Waals surface area contributed by atoms with Gasteiger partial charge in [-0.3, -0.25) is 4.79 Å². The van der Waals surface area contributed by atoms with E-state index in [4.69, 9.17) is 11.6 Å². The van der Waals surface area contributed by atoms with Gasteiger partial charge in [-0.05, 0) is 17.7 Å². The minimum atomic E-state index is -0.483. The van der Waals surface area contributed by atoms with E-state index in [1.165, 1.54) is 12.1 Å². The minimum absolute atomic E-state index is 0.0326. The number of nitrogens with zero attached hydrogens (tertiary/aromatic N) is 3. The topological polar surface area (TPSA) is 71.8 Å². The highest BCUT2D eigenvalue weighted by atomic mass is 35.5. The lowest BCUT2D eigenvalue weighted by atomic mass is 10.2. The Morgan fingerprint density at radius 1 is 1.52 bits per heavy atom. The number of benzene rings is 1. The van der Waals surface area contributed by atoms with E-state index in [2.05, 4.69) is 20.9 Å². The number of aromatic nitrogens is 3. The molecule has 21 heavy (non-hydrogen) atoms. The molecule has 0 aliphatic carbocycles. The molecule has 2 aromatic rings. The molecule has 2 N–H and O–H groups in total. The number of amides is 1. The summed E-state index contributed by atoms with van der Waals surface area (Å²) in [6.45, 7) is 1.91. The Hall–Kier alpha value is -1.99. The van der Waals surface area contributed by atoms with Crippen LogP contribution in [0.4, 0.5) is 4.39 Å². The summed E-state index contributed by atoms with van der Waals surface area (Å²) in [5.74, 6) is -0.808. The van der Waals surface area contributed by atoms with Crippen molar-refractivity contribution in [3.05, 3.63) is 46.5 Å². The van der Waals surface area contributed by atoms with Crippen LogP contribution in [0.2, 0.25) is 5.02 Å². The summed E-state index contributed by atoms with van der Waals surface area (Å²) >= 11 is 5.69. The zero-order valence-electron chi connectivity index (χ0n) is 11.0. The van der Waals surface area contributed by atoms with Crippen LogP contribution in [0.5, 0.6) is 0 Å². The molecule has 1 aromatic heterocycles. The number of carbonyl (C=O) groups excluding carboxylic acids is 1. The van der Waals surface area contributed by atoms with Crippen LogP contribution in [0.3, 0.4) is 0 Å². The number of halogens is 2. The molecule has 0 atom stereocenters. The van der Waals surface area contributed by atoms with Crippen LogP contribution >= 0.6 is 11.6 Å². The molecule has 8 heteroatoms. The number of hydrogen-bond donors (Lipinski definition) is 2. The molecule has 1 saturated heterocycles. The summed E-state index contributed by atoms with van der Waals surface area (Å²) in [6, 6.07) is 4.57. The van der Waals surface area contributed by atoms with Crippen molar-refractivity contribution in [3.63, 3.8) is 0 Å². The highest BCUT2D eigenvalue weighted by Crippen LogP contribution is 2.16. The van der Waals surface area contributed by atoms with E-state index in [-0.39, 0.29) is 29.2 Å². The van der Waals surface area contributed by atoms with Gasteiger partial charge in [-0.25, -0.2) is 9.07 Å². The average molecular weight is 310 g/mol. The molecule has 0 bridgehead atoms. The standard InChI is InChI=1S/C13H13ClFN5O/c14-10-3-8(1-2-11(10)15)4-17-13(21)12-7-20(19-18-12)9-5-16-6-9/h1-3,7,9,16H,4-6H2,(H,17,21). The maximum absolute atomic E-state index is 13.0. The van der Waals surface area contributed by atoms with E-state index in [1.54, 1.807) is 16.9 Å². The second-order valence-corrected chi connectivity index (χ2v) is 5.23. The van der Waals surface area contributed by atoms with E-state index in [9.17, 15) is 9.18 Å². The van der Waals surface area contributed by atoms with Gasteiger partial charge >= 0.3 is 0 Å². The van der Waals surface area contributed by atoms with Gasteiger partial charge in [0, 0.05) is 19.6 Å². The lowest BCUT2D eigenvalue weighted by molar-refractivity contribution is 0.0946. The van der Waals surface area contributed by atoms with Gasteiger partial charge in [0.2, 0.25) is 0 Å². The molecule has 0 spiro atoms. The average Bonchev–Trinajstić information content (AvgIpc) is 2.87. The molecular weight excluding hydrogens is 297 g/mol. The monoisotopic (exact) mass is 309 g/mol. The number of hydrogen-bond acceptors (Lipinski definition) is 4. The summed E-state index contributed by atoms with van der Waals surface area (Å²) < 4.78 is 14.7. The Kier molecular flexibility index (Phi) is 3.85. The molecule has 1 aliphatic rings. The zero-order valence-corrected chi connectivity index (χ0v) is 11.8. The summed E-state index contributed by atoms with van der Waals surface area (Å²) in [4.78, 5) is 12.0. The van der Waals surface area contributed by atoms with Gasteiger partial charge in [-0.15, -0.1) is 5.10 Å². The van der Waals surface area contributed by atoms with Crippen molar-refractivity contribution in [2.45, 2.75) is 12.6 Å². The van der Waals surface area contributed by atoms with Crippen LogP contribution < -0.4 is 10.6 Å². The Bertz CT molecular complexity index is 670. The van der Waals surface area contributed by atoms with E-state index in [0.717, 1.165) is 13.1 Å². The first kappa shape index (κ1) is 14.0. The van der Waals surface area contributed by atoms with Crippen molar-refractivity contribution in [1.82, 2.24) is 25.6 Å². The third kappa shape index (κ3) is 3.03. The summed E-state index contributed by atoms with van der Waals surface area (Å²) in [6.07, 6.45) is 1.62. The van der Waals surface area contributed by atoms with Gasteiger partial charge in [-0.1, -0.05) is 22.9 Å². The van der Waals surface area contributed by atoms with Crippen molar-refractivity contribution in [2.24, 2.45) is 0 Å². The molecule has 0 unspecified atom stereocenters. The number of rotatable bonds is 4. The first-order chi connectivity index (χ1) is 10.1. The van der Waals surface area contributed by atoms with Crippen molar-refractivity contribution in [2.75, 3.05) is 13.1 Å². The maximum atomic E-state index is 13.0. The molecule has 1 aliphatic heterocycles. The first-order valence-electron chi connectivity index (χ1n) is 6.48. The molecule has 1 amide bonds. The lowest BCUT2D eigenvalue weighted by Crippen LogP contribution is -2.43. The van der Waals surface area contributed by atoms with Crippen molar-refractivity contribution < 1.29 is 9.18 Å². The number of carbonyl (C=O) groups is 1. The molecule has 2 heterocycles. The van der Waals surface area contributed by atoms with Gasteiger partial charge < -0.3 is 10.6 Å². The molecule has 110 valence electrons. The normalized spacial score (nSPS) is 14.8. The second kappa shape index (κ2) is 5.79. The highest BCUT2D eigenvalue weighted by Gasteiger charge is 2.21. The van der Waals surface area contributed by atoms with Gasteiger partial charge in [0.05, 0.1) is 17.3 Å². The zero-order chi connectivity index (χ0) is 14.8. The predicted molar refractivity (Wildman–Crippen MR) is 74.5 cm³/mol. The minimum Gasteiger partial charge on any atom is -0.347 e. The van der Waals surface area contributed by atoms with Gasteiger partial charge in [0.15, 0.2) is 5.69 Å². The SMILES string of the molecule is O=C(NCc1ccc(F)c(Cl)c1)c1cn(C2CNC2)nn1. The summed E-state index contributed by atoms with van der Waals surface area (Å²) in [5, 5.41) is 13.6. The van der Waals surface area contributed by atoms with Crippen molar-refractivity contribution >= 4 is 17.5 Å². The van der Waals surface area contributed by atoms with Crippen LogP contribution in [-0.2, 0) is 6.54 Å². The van der Waals surface area contributed by atoms with Crippen LogP contribution in [0.15, 0.2) is 24.4 Å². The van der Waals surface area contributed by atoms with Crippen LogP contribution in [0, 0.1) is 5.82 Å². The molecule has 3 rings (SSSR count). The Morgan fingerprint density at radius 3 is 3.00 bits per heavy atom. The van der Waals surface area contributed by atoms with Crippen LogP contribution in [0.25, 0.3) is 0 Å². The number of nitrogens with one attached hydrogen (secondary N) is 2. The van der Waals surface area contributed by atoms with Gasteiger partial charge in [0.1, 0.15) is 5.82 Å². The van der Waals surface area contributed by atoms with E-state index in [0.29, 0.717) is 5.56 Å². The van der Waals surface area contributed by atoms with Crippen molar-refractivity contribution in [1.29, 1.82) is 0 Å². The molecule has 1 aromatic carbocycles. The fourth-order valence-electron chi connectivity index (χ4n) is 1.94. The Morgan fingerprint density at radius 2 is 2.33 bits per heavy atom. The molecule has 6 nitrogen and oxygen atoms in total. The molecule has 0 radical (unpaired) electrons. The third-order valence-electron chi connectivity index (χ3n) is 3.31. The van der Waals surface area contributed by atoms with Gasteiger partial charge in [-0.2, -0.15) is 0 Å². The quantitative estimate of drug-likeness (QED) is 0.888. The molecular formula is C13H13ClFN5O. The van der Waals surface area contributed by atoms with E-state index < -0.39 is 5.82 Å². The first-order valence-corrected chi connectivity index (χ1v) is 6.86. The summed E-state index contributed by atoms with van der Waals surface area (Å²) in [7, 11) is 0. The third-order valence-corrected chi connectivity index (χ3v) is 3.60. The fraction of sp³-hybridized carbons (Fsp3) is 0.308. The predicted octanol–water partition coefficient (Wildman–Crippen LogP) is 1.14. The van der Waals surface area contributed by atoms with Crippen molar-refractivity contribution in [3.8, 4) is 0 Å². The van der Waals surface area contributed by atoms with E-state index in [1.807, 2.05) is 0 Å².